The molecule has 1 N–H and O–H groups in total. The van der Waals surface area contributed by atoms with E-state index in [-0.39, 0.29) is 23.7 Å². The molecule has 2 heterocycles. The number of amides is 2. The standard InChI is InChI=1S/C28H27ClN4O2/c1-3-19-9-7-8-12-23(19)31-28(35)33(18(2)20-10-5-4-6-11-20)25-15-16-32-26(25)30-24-14-13-21(29)17-22(24)27(32)34/h4-14,17-18,25H,3,15-16H2,1-2H3,(H,31,35). The number of benzene rings is 3. The van der Waals surface area contributed by atoms with Crippen molar-refractivity contribution in [1.82, 2.24) is 14.5 Å². The second-order valence-corrected chi connectivity index (χ2v) is 9.26. The quantitative estimate of drug-likeness (QED) is 0.357. The Morgan fingerprint density at radius 3 is 2.66 bits per heavy atom. The number of hydrogen-bond donors (Lipinski definition) is 1. The molecule has 0 saturated carbocycles. The number of para-hydroxylation sites is 1. The van der Waals surface area contributed by atoms with Crippen LogP contribution in [-0.2, 0) is 13.0 Å². The van der Waals surface area contributed by atoms with Crippen molar-refractivity contribution in [2.75, 3.05) is 5.32 Å². The Morgan fingerprint density at radius 2 is 1.89 bits per heavy atom. The first kappa shape index (κ1) is 23.1. The molecule has 7 heteroatoms. The molecule has 4 aromatic rings. The first-order valence-corrected chi connectivity index (χ1v) is 12.3. The van der Waals surface area contributed by atoms with E-state index >= 15 is 0 Å². The molecule has 2 unspecified atom stereocenters. The highest BCUT2D eigenvalue weighted by molar-refractivity contribution is 6.31. The number of aromatic nitrogens is 2. The Kier molecular flexibility index (Phi) is 6.31. The Morgan fingerprint density at radius 1 is 1.14 bits per heavy atom. The Hall–Kier alpha value is -3.64. The number of hydrogen-bond acceptors (Lipinski definition) is 3. The largest absolute Gasteiger partial charge is 0.322 e. The maximum Gasteiger partial charge on any atom is 0.322 e. The number of nitrogens with zero attached hydrogens (tertiary/aromatic N) is 3. The second-order valence-electron chi connectivity index (χ2n) is 8.83. The van der Waals surface area contributed by atoms with Crippen molar-refractivity contribution >= 4 is 34.2 Å². The molecule has 0 aliphatic carbocycles. The lowest BCUT2D eigenvalue weighted by molar-refractivity contribution is 0.159. The van der Waals surface area contributed by atoms with Crippen LogP contribution < -0.4 is 10.9 Å². The van der Waals surface area contributed by atoms with Gasteiger partial charge < -0.3 is 10.2 Å². The molecular weight excluding hydrogens is 460 g/mol. The highest BCUT2D eigenvalue weighted by atomic mass is 35.5. The molecule has 178 valence electrons. The van der Waals surface area contributed by atoms with E-state index in [2.05, 4.69) is 12.2 Å². The first-order chi connectivity index (χ1) is 17.0. The lowest BCUT2D eigenvalue weighted by Crippen LogP contribution is -2.40. The van der Waals surface area contributed by atoms with Crippen molar-refractivity contribution in [3.8, 4) is 0 Å². The summed E-state index contributed by atoms with van der Waals surface area (Å²) in [6.45, 7) is 4.57. The third-order valence-corrected chi connectivity index (χ3v) is 7.01. The minimum absolute atomic E-state index is 0.126. The number of carbonyl (C=O) groups is 1. The summed E-state index contributed by atoms with van der Waals surface area (Å²) in [5.41, 5.74) is 3.33. The molecule has 35 heavy (non-hydrogen) atoms. The van der Waals surface area contributed by atoms with E-state index in [0.717, 1.165) is 23.2 Å². The minimum Gasteiger partial charge on any atom is -0.308 e. The normalized spacial score (nSPS) is 15.6. The summed E-state index contributed by atoms with van der Waals surface area (Å²) in [5, 5.41) is 4.12. The summed E-state index contributed by atoms with van der Waals surface area (Å²) in [7, 11) is 0. The second kappa shape index (κ2) is 9.55. The zero-order valence-corrected chi connectivity index (χ0v) is 20.5. The highest BCUT2D eigenvalue weighted by Gasteiger charge is 2.37. The zero-order valence-electron chi connectivity index (χ0n) is 19.7. The van der Waals surface area contributed by atoms with Gasteiger partial charge in [-0.1, -0.05) is 67.1 Å². The van der Waals surface area contributed by atoms with Crippen LogP contribution in [0.25, 0.3) is 10.9 Å². The first-order valence-electron chi connectivity index (χ1n) is 11.9. The van der Waals surface area contributed by atoms with Gasteiger partial charge in [-0.3, -0.25) is 9.36 Å². The van der Waals surface area contributed by atoms with Gasteiger partial charge in [0.1, 0.15) is 5.82 Å². The van der Waals surface area contributed by atoms with Gasteiger partial charge in [-0.05, 0) is 55.2 Å². The number of rotatable bonds is 5. The third-order valence-electron chi connectivity index (χ3n) is 6.78. The van der Waals surface area contributed by atoms with Crippen LogP contribution in [0.2, 0.25) is 5.02 Å². The van der Waals surface area contributed by atoms with Crippen molar-refractivity contribution in [1.29, 1.82) is 0 Å². The van der Waals surface area contributed by atoms with Crippen LogP contribution >= 0.6 is 11.6 Å². The van der Waals surface area contributed by atoms with Crippen molar-refractivity contribution in [3.05, 3.63) is 105 Å². The van der Waals surface area contributed by atoms with Crippen LogP contribution in [0.5, 0.6) is 0 Å². The smallest absolute Gasteiger partial charge is 0.308 e. The van der Waals surface area contributed by atoms with E-state index in [4.69, 9.17) is 16.6 Å². The van der Waals surface area contributed by atoms with Gasteiger partial charge >= 0.3 is 6.03 Å². The fraction of sp³-hybridized carbons (Fsp3) is 0.250. The molecular formula is C28H27ClN4O2. The fourth-order valence-corrected chi connectivity index (χ4v) is 5.11. The number of halogens is 1. The van der Waals surface area contributed by atoms with Gasteiger partial charge in [0, 0.05) is 17.3 Å². The van der Waals surface area contributed by atoms with E-state index < -0.39 is 0 Å². The predicted molar refractivity (Wildman–Crippen MR) is 140 cm³/mol. The van der Waals surface area contributed by atoms with Crippen molar-refractivity contribution < 1.29 is 4.79 Å². The van der Waals surface area contributed by atoms with Crippen LogP contribution in [-0.4, -0.2) is 20.5 Å². The minimum atomic E-state index is -0.355. The maximum atomic E-state index is 13.9. The molecule has 6 nitrogen and oxygen atoms in total. The molecule has 1 aliphatic heterocycles. The lowest BCUT2D eigenvalue weighted by atomic mass is 10.0. The van der Waals surface area contributed by atoms with E-state index in [9.17, 15) is 9.59 Å². The fourth-order valence-electron chi connectivity index (χ4n) is 4.93. The van der Waals surface area contributed by atoms with Crippen molar-refractivity contribution in [2.45, 2.75) is 45.3 Å². The molecule has 2 atom stereocenters. The maximum absolute atomic E-state index is 13.9. The molecule has 0 fully saturated rings. The topological polar surface area (TPSA) is 67.2 Å². The van der Waals surface area contributed by atoms with Crippen LogP contribution in [0.4, 0.5) is 10.5 Å². The molecule has 5 rings (SSSR count). The van der Waals surface area contributed by atoms with E-state index in [1.807, 2.05) is 66.4 Å². The lowest BCUT2D eigenvalue weighted by Gasteiger charge is -2.34. The Labute approximate surface area is 209 Å². The van der Waals surface area contributed by atoms with Gasteiger partial charge in [0.15, 0.2) is 0 Å². The third kappa shape index (κ3) is 4.30. The number of nitrogens with one attached hydrogen (secondary N) is 1. The van der Waals surface area contributed by atoms with Crippen molar-refractivity contribution in [2.24, 2.45) is 0 Å². The van der Waals surface area contributed by atoms with Crippen LogP contribution in [0.1, 0.15) is 49.3 Å². The summed E-state index contributed by atoms with van der Waals surface area (Å²) < 4.78 is 1.68. The van der Waals surface area contributed by atoms with Gasteiger partial charge in [0.05, 0.1) is 23.0 Å². The Balaban J connectivity index is 1.59. The monoisotopic (exact) mass is 486 g/mol. The molecule has 0 saturated heterocycles. The number of fused-ring (bicyclic) bond motifs is 2. The molecule has 0 radical (unpaired) electrons. The van der Waals surface area contributed by atoms with E-state index in [1.165, 1.54) is 0 Å². The summed E-state index contributed by atoms with van der Waals surface area (Å²) >= 11 is 6.14. The summed E-state index contributed by atoms with van der Waals surface area (Å²) in [4.78, 5) is 33.8. The highest BCUT2D eigenvalue weighted by Crippen LogP contribution is 2.37. The van der Waals surface area contributed by atoms with Crippen LogP contribution in [0.15, 0.2) is 77.6 Å². The molecule has 3 aromatic carbocycles. The molecule has 1 aliphatic rings. The SMILES string of the molecule is CCc1ccccc1NC(=O)N(C(C)c1ccccc1)C1CCn2c1nc1ccc(Cl)cc1c2=O. The number of anilines is 1. The number of carbonyl (C=O) groups excluding carboxylic acids is 1. The van der Waals surface area contributed by atoms with Gasteiger partial charge in [-0.2, -0.15) is 0 Å². The van der Waals surface area contributed by atoms with Crippen molar-refractivity contribution in [3.63, 3.8) is 0 Å². The van der Waals surface area contributed by atoms with Crippen LogP contribution in [0, 0.1) is 0 Å². The average molecular weight is 487 g/mol. The number of aryl methyl sites for hydroxylation is 1. The van der Waals surface area contributed by atoms with E-state index in [0.29, 0.717) is 34.7 Å². The summed E-state index contributed by atoms with van der Waals surface area (Å²) in [5.74, 6) is 0.603. The summed E-state index contributed by atoms with van der Waals surface area (Å²) in [6, 6.07) is 22.1. The molecule has 0 spiro atoms. The average Bonchev–Trinajstić information content (AvgIpc) is 3.29. The molecule has 2 amide bonds. The number of urea groups is 1. The summed E-state index contributed by atoms with van der Waals surface area (Å²) in [6.07, 6.45) is 1.41. The molecule has 1 aromatic heterocycles. The van der Waals surface area contributed by atoms with Gasteiger partial charge in [-0.25, -0.2) is 9.78 Å². The van der Waals surface area contributed by atoms with Gasteiger partial charge in [-0.15, -0.1) is 0 Å². The Bertz CT molecular complexity index is 1450. The predicted octanol–water partition coefficient (Wildman–Crippen LogP) is 6.35. The molecule has 0 bridgehead atoms. The zero-order chi connectivity index (χ0) is 24.5. The van der Waals surface area contributed by atoms with E-state index in [1.54, 1.807) is 22.8 Å². The van der Waals surface area contributed by atoms with Crippen LogP contribution in [0.3, 0.4) is 0 Å². The van der Waals surface area contributed by atoms with Gasteiger partial charge in [0.2, 0.25) is 0 Å². The van der Waals surface area contributed by atoms with Gasteiger partial charge in [0.25, 0.3) is 5.56 Å².